The van der Waals surface area contributed by atoms with Crippen molar-refractivity contribution in [1.29, 1.82) is 0 Å². The maximum atomic E-state index is 12.2. The van der Waals surface area contributed by atoms with Crippen molar-refractivity contribution in [1.82, 2.24) is 25.7 Å². The number of aryl methyl sites for hydroxylation is 1. The van der Waals surface area contributed by atoms with Crippen LogP contribution in [0.4, 0.5) is 0 Å². The molecule has 3 aromatic rings. The van der Waals surface area contributed by atoms with E-state index < -0.39 is 0 Å². The summed E-state index contributed by atoms with van der Waals surface area (Å²) in [7, 11) is 0. The molecule has 0 spiro atoms. The average molecular weight is 285 g/mol. The lowest BCUT2D eigenvalue weighted by atomic mass is 10.1. The summed E-state index contributed by atoms with van der Waals surface area (Å²) in [5.41, 5.74) is 2.33. The molecular weight excluding hydrogens is 270 g/mol. The fraction of sp³-hybridized carbons (Fsp3) is 0.286. The van der Waals surface area contributed by atoms with Gasteiger partial charge in [0.2, 0.25) is 11.4 Å². The standard InChI is InChI=1S/C14H15N5O2/c1-8(6-10-7-9(2)17-18-10)16-14(20)12-11-4-3-5-15-13(11)19-21-12/h3-5,7-8H,6H2,1-2H3,(H,16,20)(H,17,18). The number of hydrogen-bond donors (Lipinski definition) is 2. The van der Waals surface area contributed by atoms with E-state index in [0.717, 1.165) is 11.4 Å². The maximum Gasteiger partial charge on any atom is 0.290 e. The predicted molar refractivity (Wildman–Crippen MR) is 75.8 cm³/mol. The minimum absolute atomic E-state index is 0.0722. The molecule has 108 valence electrons. The summed E-state index contributed by atoms with van der Waals surface area (Å²) in [6.07, 6.45) is 2.25. The van der Waals surface area contributed by atoms with E-state index >= 15 is 0 Å². The second-order valence-electron chi connectivity index (χ2n) is 5.01. The summed E-state index contributed by atoms with van der Waals surface area (Å²) < 4.78 is 5.09. The maximum absolute atomic E-state index is 12.2. The van der Waals surface area contributed by atoms with Crippen molar-refractivity contribution in [2.45, 2.75) is 26.3 Å². The molecule has 0 saturated carbocycles. The molecular formula is C14H15N5O2. The summed E-state index contributed by atoms with van der Waals surface area (Å²) in [4.78, 5) is 16.3. The first-order chi connectivity index (χ1) is 10.1. The van der Waals surface area contributed by atoms with Gasteiger partial charge in [0, 0.05) is 24.4 Å². The van der Waals surface area contributed by atoms with Gasteiger partial charge in [-0.3, -0.25) is 9.89 Å². The van der Waals surface area contributed by atoms with E-state index in [4.69, 9.17) is 4.52 Å². The Morgan fingerprint density at radius 2 is 2.38 bits per heavy atom. The van der Waals surface area contributed by atoms with Crippen LogP contribution in [0.2, 0.25) is 0 Å². The average Bonchev–Trinajstić information content (AvgIpc) is 3.04. The largest absolute Gasteiger partial charge is 0.348 e. The molecule has 2 N–H and O–H groups in total. The van der Waals surface area contributed by atoms with Crippen LogP contribution in [0, 0.1) is 6.92 Å². The number of hydrogen-bond acceptors (Lipinski definition) is 5. The van der Waals surface area contributed by atoms with E-state index in [-0.39, 0.29) is 17.7 Å². The van der Waals surface area contributed by atoms with Gasteiger partial charge in [-0.25, -0.2) is 4.98 Å². The Hall–Kier alpha value is -2.70. The topological polar surface area (TPSA) is 96.7 Å². The van der Waals surface area contributed by atoms with Crippen LogP contribution < -0.4 is 5.32 Å². The molecule has 7 nitrogen and oxygen atoms in total. The third-order valence-corrected chi connectivity index (χ3v) is 3.11. The van der Waals surface area contributed by atoms with Crippen molar-refractivity contribution >= 4 is 16.9 Å². The third-order valence-electron chi connectivity index (χ3n) is 3.11. The number of carbonyl (C=O) groups excluding carboxylic acids is 1. The van der Waals surface area contributed by atoms with Crippen molar-refractivity contribution < 1.29 is 9.32 Å². The van der Waals surface area contributed by atoms with E-state index in [9.17, 15) is 4.79 Å². The first-order valence-electron chi connectivity index (χ1n) is 6.65. The molecule has 0 saturated heterocycles. The highest BCUT2D eigenvalue weighted by atomic mass is 16.5. The molecule has 0 aliphatic carbocycles. The first-order valence-corrected chi connectivity index (χ1v) is 6.65. The van der Waals surface area contributed by atoms with Gasteiger partial charge in [-0.1, -0.05) is 5.16 Å². The van der Waals surface area contributed by atoms with Gasteiger partial charge in [0.05, 0.1) is 11.1 Å². The van der Waals surface area contributed by atoms with Crippen LogP contribution in [-0.2, 0) is 6.42 Å². The van der Waals surface area contributed by atoms with E-state index in [2.05, 4.69) is 25.7 Å². The summed E-state index contributed by atoms with van der Waals surface area (Å²) in [5.74, 6) is -0.117. The Kier molecular flexibility index (Phi) is 3.39. The number of carbonyl (C=O) groups is 1. The monoisotopic (exact) mass is 285 g/mol. The number of amides is 1. The Labute approximate surface area is 120 Å². The van der Waals surface area contributed by atoms with Crippen molar-refractivity contribution in [3.05, 3.63) is 41.5 Å². The fourth-order valence-corrected chi connectivity index (χ4v) is 2.18. The van der Waals surface area contributed by atoms with Gasteiger partial charge in [0.25, 0.3) is 5.91 Å². The number of H-pyrrole nitrogens is 1. The molecule has 0 bridgehead atoms. The molecule has 0 radical (unpaired) electrons. The number of fused-ring (bicyclic) bond motifs is 1. The summed E-state index contributed by atoms with van der Waals surface area (Å²) in [6, 6.07) is 5.38. The molecule has 3 rings (SSSR count). The van der Waals surface area contributed by atoms with Gasteiger partial charge in [-0.2, -0.15) is 5.10 Å². The van der Waals surface area contributed by atoms with Gasteiger partial charge in [0.1, 0.15) is 0 Å². The summed E-state index contributed by atoms with van der Waals surface area (Å²) in [6.45, 7) is 3.85. The molecule has 0 aromatic carbocycles. The normalized spacial score (nSPS) is 12.5. The molecule has 0 fully saturated rings. The number of rotatable bonds is 4. The Bertz CT molecular complexity index is 776. The number of pyridine rings is 1. The molecule has 0 aliphatic heterocycles. The van der Waals surface area contributed by atoms with Gasteiger partial charge in [0.15, 0.2) is 0 Å². The molecule has 21 heavy (non-hydrogen) atoms. The second kappa shape index (κ2) is 5.35. The first kappa shape index (κ1) is 13.3. The minimum Gasteiger partial charge on any atom is -0.348 e. The molecule has 1 amide bonds. The smallest absolute Gasteiger partial charge is 0.290 e. The molecule has 1 unspecified atom stereocenters. The van der Waals surface area contributed by atoms with Crippen molar-refractivity contribution in [3.63, 3.8) is 0 Å². The van der Waals surface area contributed by atoms with Crippen LogP contribution in [0.3, 0.4) is 0 Å². The Morgan fingerprint density at radius 3 is 3.14 bits per heavy atom. The van der Waals surface area contributed by atoms with Crippen molar-refractivity contribution in [2.24, 2.45) is 0 Å². The van der Waals surface area contributed by atoms with E-state index in [0.29, 0.717) is 17.5 Å². The number of nitrogens with zero attached hydrogens (tertiary/aromatic N) is 3. The van der Waals surface area contributed by atoms with Crippen LogP contribution >= 0.6 is 0 Å². The third kappa shape index (κ3) is 2.76. The lowest BCUT2D eigenvalue weighted by Crippen LogP contribution is -2.34. The van der Waals surface area contributed by atoms with Crippen LogP contribution in [0.1, 0.15) is 28.9 Å². The number of aromatic amines is 1. The molecule has 7 heteroatoms. The zero-order chi connectivity index (χ0) is 14.8. The minimum atomic E-state index is -0.301. The Morgan fingerprint density at radius 1 is 1.52 bits per heavy atom. The highest BCUT2D eigenvalue weighted by Gasteiger charge is 2.19. The van der Waals surface area contributed by atoms with Gasteiger partial charge >= 0.3 is 0 Å². The van der Waals surface area contributed by atoms with Crippen molar-refractivity contribution in [3.8, 4) is 0 Å². The van der Waals surface area contributed by atoms with Crippen LogP contribution in [0.25, 0.3) is 11.0 Å². The highest BCUT2D eigenvalue weighted by molar-refractivity contribution is 6.02. The van der Waals surface area contributed by atoms with Gasteiger partial charge in [-0.15, -0.1) is 0 Å². The van der Waals surface area contributed by atoms with Gasteiger partial charge < -0.3 is 9.84 Å². The molecule has 1 atom stereocenters. The van der Waals surface area contributed by atoms with E-state index in [1.54, 1.807) is 18.3 Å². The summed E-state index contributed by atoms with van der Waals surface area (Å²) in [5, 5.41) is 14.3. The molecule has 3 heterocycles. The van der Waals surface area contributed by atoms with E-state index in [1.807, 2.05) is 19.9 Å². The van der Waals surface area contributed by atoms with Gasteiger partial charge in [-0.05, 0) is 32.0 Å². The van der Waals surface area contributed by atoms with E-state index in [1.165, 1.54) is 0 Å². The van der Waals surface area contributed by atoms with Crippen LogP contribution in [0.15, 0.2) is 28.9 Å². The number of aromatic nitrogens is 4. The second-order valence-corrected chi connectivity index (χ2v) is 5.01. The lowest BCUT2D eigenvalue weighted by molar-refractivity contribution is 0.0905. The van der Waals surface area contributed by atoms with Crippen LogP contribution in [-0.4, -0.2) is 32.3 Å². The molecule has 3 aromatic heterocycles. The Balaban J connectivity index is 1.71. The quantitative estimate of drug-likeness (QED) is 0.759. The highest BCUT2D eigenvalue weighted by Crippen LogP contribution is 2.15. The summed E-state index contributed by atoms with van der Waals surface area (Å²) >= 11 is 0. The SMILES string of the molecule is Cc1cc(CC(C)NC(=O)c2onc3ncccc23)n[nH]1. The van der Waals surface area contributed by atoms with Crippen LogP contribution in [0.5, 0.6) is 0 Å². The lowest BCUT2D eigenvalue weighted by Gasteiger charge is -2.10. The fourth-order valence-electron chi connectivity index (χ4n) is 2.18. The zero-order valence-corrected chi connectivity index (χ0v) is 11.8. The number of nitrogens with one attached hydrogen (secondary N) is 2. The molecule has 0 aliphatic rings. The van der Waals surface area contributed by atoms with Crippen molar-refractivity contribution in [2.75, 3.05) is 0 Å². The zero-order valence-electron chi connectivity index (χ0n) is 11.8. The predicted octanol–water partition coefficient (Wildman–Crippen LogP) is 1.62.